The first-order valence-electron chi connectivity index (χ1n) is 8.17. The molecule has 0 bridgehead atoms. The van der Waals surface area contributed by atoms with Gasteiger partial charge in [0.15, 0.2) is 11.5 Å². The van der Waals surface area contributed by atoms with Crippen LogP contribution in [0.2, 0.25) is 0 Å². The second kappa shape index (κ2) is 7.54. The number of rotatable bonds is 5. The Hall–Kier alpha value is -2.64. The first-order valence-corrected chi connectivity index (χ1v) is 9.84. The fourth-order valence-corrected chi connectivity index (χ4v) is 4.04. The summed E-state index contributed by atoms with van der Waals surface area (Å²) in [6.07, 6.45) is 1.58. The third-order valence-corrected chi connectivity index (χ3v) is 5.59. The smallest absolute Gasteiger partial charge is 0.162 e. The van der Waals surface area contributed by atoms with Gasteiger partial charge in [0.05, 0.1) is 19.6 Å². The number of thiophene rings is 1. The summed E-state index contributed by atoms with van der Waals surface area (Å²) in [6, 6.07) is 13.9. The van der Waals surface area contributed by atoms with E-state index in [1.54, 1.807) is 31.9 Å². The van der Waals surface area contributed by atoms with E-state index in [4.69, 9.17) is 9.47 Å². The van der Waals surface area contributed by atoms with Gasteiger partial charge in [-0.1, -0.05) is 28.1 Å². The van der Waals surface area contributed by atoms with Gasteiger partial charge in [-0.05, 0) is 29.8 Å². The van der Waals surface area contributed by atoms with Gasteiger partial charge in [0.1, 0.15) is 17.0 Å². The molecule has 0 saturated heterocycles. The van der Waals surface area contributed by atoms with Crippen molar-refractivity contribution in [3.8, 4) is 22.6 Å². The summed E-state index contributed by atoms with van der Waals surface area (Å²) >= 11 is 5.09. The standard InChI is InChI=1S/C20H16BrN3O2S/c1-25-16-8-7-14(9-17(16)26-2)24-19-18-15(10-27-20(18)23-11-22-19)12-3-5-13(21)6-4-12/h3-11H,1-2H3,(H,22,23,24). The zero-order chi connectivity index (χ0) is 18.8. The number of fused-ring (bicyclic) bond motifs is 1. The first-order chi connectivity index (χ1) is 13.2. The molecule has 136 valence electrons. The SMILES string of the molecule is COc1ccc(Nc2ncnc3scc(-c4ccc(Br)cc4)c23)cc1OC. The molecule has 0 aliphatic carbocycles. The molecule has 0 amide bonds. The minimum atomic E-state index is 0.659. The second-order valence-electron chi connectivity index (χ2n) is 5.75. The summed E-state index contributed by atoms with van der Waals surface area (Å²) in [5, 5.41) is 6.50. The van der Waals surface area contributed by atoms with E-state index in [-0.39, 0.29) is 0 Å². The number of nitrogens with zero attached hydrogens (tertiary/aromatic N) is 2. The fraction of sp³-hybridized carbons (Fsp3) is 0.100. The summed E-state index contributed by atoms with van der Waals surface area (Å²) in [5.74, 6) is 2.10. The zero-order valence-electron chi connectivity index (χ0n) is 14.7. The Balaban J connectivity index is 1.78. The van der Waals surface area contributed by atoms with Gasteiger partial charge in [-0.2, -0.15) is 0 Å². The van der Waals surface area contributed by atoms with Crippen molar-refractivity contribution in [2.75, 3.05) is 19.5 Å². The molecule has 1 N–H and O–H groups in total. The zero-order valence-corrected chi connectivity index (χ0v) is 17.1. The van der Waals surface area contributed by atoms with Crippen molar-refractivity contribution in [3.05, 3.63) is 58.6 Å². The number of benzene rings is 2. The third-order valence-electron chi connectivity index (χ3n) is 4.17. The summed E-state index contributed by atoms with van der Waals surface area (Å²) < 4.78 is 11.7. The van der Waals surface area contributed by atoms with Crippen LogP contribution in [0.1, 0.15) is 0 Å². The molecule has 5 nitrogen and oxygen atoms in total. The van der Waals surface area contributed by atoms with E-state index in [1.807, 2.05) is 30.3 Å². The molecule has 0 saturated carbocycles. The molecule has 0 aliphatic rings. The lowest BCUT2D eigenvalue weighted by atomic mass is 10.1. The molecule has 0 unspecified atom stereocenters. The maximum atomic E-state index is 5.39. The first kappa shape index (κ1) is 17.8. The number of hydrogen-bond acceptors (Lipinski definition) is 6. The Bertz CT molecular complexity index is 1100. The summed E-state index contributed by atoms with van der Waals surface area (Å²) in [5.41, 5.74) is 3.08. The lowest BCUT2D eigenvalue weighted by molar-refractivity contribution is 0.355. The van der Waals surface area contributed by atoms with E-state index >= 15 is 0 Å². The second-order valence-corrected chi connectivity index (χ2v) is 7.53. The van der Waals surface area contributed by atoms with Gasteiger partial charge in [-0.15, -0.1) is 11.3 Å². The van der Waals surface area contributed by atoms with Crippen molar-refractivity contribution >= 4 is 49.0 Å². The molecule has 27 heavy (non-hydrogen) atoms. The Morgan fingerprint density at radius 2 is 1.74 bits per heavy atom. The number of anilines is 2. The van der Waals surface area contributed by atoms with Crippen LogP contribution in [0, 0.1) is 0 Å². The molecule has 0 atom stereocenters. The molecule has 0 spiro atoms. The Kier molecular flexibility index (Phi) is 4.96. The van der Waals surface area contributed by atoms with Crippen molar-refractivity contribution in [3.63, 3.8) is 0 Å². The molecular formula is C20H16BrN3O2S. The van der Waals surface area contributed by atoms with E-state index in [0.29, 0.717) is 11.5 Å². The fourth-order valence-electron chi connectivity index (χ4n) is 2.86. The lowest BCUT2D eigenvalue weighted by Crippen LogP contribution is -1.97. The number of hydrogen-bond donors (Lipinski definition) is 1. The highest BCUT2D eigenvalue weighted by molar-refractivity contribution is 9.10. The normalized spacial score (nSPS) is 10.8. The van der Waals surface area contributed by atoms with Crippen LogP contribution >= 0.6 is 27.3 Å². The van der Waals surface area contributed by atoms with Crippen molar-refractivity contribution in [1.29, 1.82) is 0 Å². The maximum absolute atomic E-state index is 5.39. The highest BCUT2D eigenvalue weighted by Crippen LogP contribution is 2.38. The molecule has 7 heteroatoms. The van der Waals surface area contributed by atoms with Crippen molar-refractivity contribution < 1.29 is 9.47 Å². The van der Waals surface area contributed by atoms with Gasteiger partial charge >= 0.3 is 0 Å². The van der Waals surface area contributed by atoms with E-state index < -0.39 is 0 Å². The molecule has 0 aliphatic heterocycles. The van der Waals surface area contributed by atoms with E-state index in [2.05, 4.69) is 48.7 Å². The van der Waals surface area contributed by atoms with Crippen molar-refractivity contribution in [1.82, 2.24) is 9.97 Å². The van der Waals surface area contributed by atoms with Crippen LogP contribution in [0.5, 0.6) is 11.5 Å². The molecule has 2 aromatic heterocycles. The average Bonchev–Trinajstić information content (AvgIpc) is 3.13. The molecule has 2 aromatic carbocycles. The van der Waals surface area contributed by atoms with Gasteiger partial charge in [-0.3, -0.25) is 0 Å². The van der Waals surface area contributed by atoms with Gasteiger partial charge in [0, 0.05) is 27.2 Å². The highest BCUT2D eigenvalue weighted by atomic mass is 79.9. The summed E-state index contributed by atoms with van der Waals surface area (Å²) in [6.45, 7) is 0. The van der Waals surface area contributed by atoms with Crippen LogP contribution < -0.4 is 14.8 Å². The van der Waals surface area contributed by atoms with Gasteiger partial charge in [0.2, 0.25) is 0 Å². The maximum Gasteiger partial charge on any atom is 0.162 e. The van der Waals surface area contributed by atoms with Crippen LogP contribution in [0.15, 0.2) is 58.6 Å². The molecule has 0 radical (unpaired) electrons. The number of halogens is 1. The largest absolute Gasteiger partial charge is 0.493 e. The number of aromatic nitrogens is 2. The highest BCUT2D eigenvalue weighted by Gasteiger charge is 2.14. The molecule has 4 aromatic rings. The minimum Gasteiger partial charge on any atom is -0.493 e. The topological polar surface area (TPSA) is 56.3 Å². The van der Waals surface area contributed by atoms with E-state index in [9.17, 15) is 0 Å². The molecule has 4 rings (SSSR count). The van der Waals surface area contributed by atoms with Crippen LogP contribution in [0.3, 0.4) is 0 Å². The predicted molar refractivity (Wildman–Crippen MR) is 113 cm³/mol. The summed E-state index contributed by atoms with van der Waals surface area (Å²) in [4.78, 5) is 9.84. The van der Waals surface area contributed by atoms with Crippen LogP contribution in [0.25, 0.3) is 21.3 Å². The Morgan fingerprint density at radius 3 is 2.48 bits per heavy atom. The van der Waals surface area contributed by atoms with Crippen LogP contribution in [-0.2, 0) is 0 Å². The number of methoxy groups -OCH3 is 2. The molecule has 2 heterocycles. The quantitative estimate of drug-likeness (QED) is 0.418. The predicted octanol–water partition coefficient (Wildman–Crippen LogP) is 5.88. The lowest BCUT2D eigenvalue weighted by Gasteiger charge is -2.12. The summed E-state index contributed by atoms with van der Waals surface area (Å²) in [7, 11) is 3.24. The van der Waals surface area contributed by atoms with Crippen molar-refractivity contribution in [2.24, 2.45) is 0 Å². The Morgan fingerprint density at radius 1 is 0.963 bits per heavy atom. The van der Waals surface area contributed by atoms with Gasteiger partial charge < -0.3 is 14.8 Å². The van der Waals surface area contributed by atoms with Gasteiger partial charge in [-0.25, -0.2) is 9.97 Å². The third kappa shape index (κ3) is 3.48. The van der Waals surface area contributed by atoms with Crippen LogP contribution in [-0.4, -0.2) is 24.2 Å². The van der Waals surface area contributed by atoms with Crippen molar-refractivity contribution in [2.45, 2.75) is 0 Å². The molecular weight excluding hydrogens is 426 g/mol. The number of nitrogens with one attached hydrogen (secondary N) is 1. The van der Waals surface area contributed by atoms with E-state index in [1.165, 1.54) is 0 Å². The number of ether oxygens (including phenoxy) is 2. The van der Waals surface area contributed by atoms with E-state index in [0.717, 1.165) is 37.3 Å². The molecule has 0 fully saturated rings. The minimum absolute atomic E-state index is 0.659. The Labute approximate surface area is 169 Å². The monoisotopic (exact) mass is 441 g/mol. The van der Waals surface area contributed by atoms with Gasteiger partial charge in [0.25, 0.3) is 0 Å². The average molecular weight is 442 g/mol. The van der Waals surface area contributed by atoms with Crippen LogP contribution in [0.4, 0.5) is 11.5 Å².